The van der Waals surface area contributed by atoms with Gasteiger partial charge in [0.1, 0.15) is 0 Å². The molecule has 1 aromatic rings. The van der Waals surface area contributed by atoms with Crippen LogP contribution in [0, 0.1) is 0 Å². The van der Waals surface area contributed by atoms with Crippen LogP contribution in [0.3, 0.4) is 0 Å². The Hall–Kier alpha value is -0.780. The van der Waals surface area contributed by atoms with E-state index in [4.69, 9.17) is 22.1 Å². The fourth-order valence-electron chi connectivity index (χ4n) is 2.42. The van der Waals surface area contributed by atoms with Crippen LogP contribution in [-0.2, 0) is 4.79 Å². The summed E-state index contributed by atoms with van der Waals surface area (Å²) in [6, 6.07) is 3.41. The van der Waals surface area contributed by atoms with Crippen molar-refractivity contribution in [2.45, 2.75) is 38.1 Å². The lowest BCUT2D eigenvalue weighted by molar-refractivity contribution is -0.121. The smallest absolute Gasteiger partial charge is 0.244 e. The van der Waals surface area contributed by atoms with Crippen molar-refractivity contribution < 1.29 is 9.53 Å². The molecule has 1 aromatic carbocycles. The van der Waals surface area contributed by atoms with Gasteiger partial charge in [0.25, 0.3) is 0 Å². The van der Waals surface area contributed by atoms with Crippen LogP contribution >= 0.6 is 27.5 Å². The fraction of sp³-hybridized carbons (Fsp3) is 0.500. The van der Waals surface area contributed by atoms with E-state index in [2.05, 4.69) is 21.2 Å². The number of hydrogen-bond donors (Lipinski definition) is 2. The summed E-state index contributed by atoms with van der Waals surface area (Å²) in [6.07, 6.45) is 3.40. The monoisotopic (exact) mass is 360 g/mol. The first kappa shape index (κ1) is 15.6. The third-order valence-corrected chi connectivity index (χ3v) is 4.30. The summed E-state index contributed by atoms with van der Waals surface area (Å²) in [5.74, 6) is 0.400. The van der Waals surface area contributed by atoms with Crippen LogP contribution in [0.15, 0.2) is 16.6 Å². The first-order chi connectivity index (χ1) is 9.46. The van der Waals surface area contributed by atoms with Crippen molar-refractivity contribution >= 4 is 39.1 Å². The molecule has 0 heterocycles. The molecule has 1 fully saturated rings. The van der Waals surface area contributed by atoms with E-state index < -0.39 is 5.54 Å². The molecule has 6 heteroatoms. The van der Waals surface area contributed by atoms with Gasteiger partial charge in [-0.25, -0.2) is 0 Å². The molecule has 0 aliphatic heterocycles. The van der Waals surface area contributed by atoms with Gasteiger partial charge in [-0.15, -0.1) is 0 Å². The van der Waals surface area contributed by atoms with Gasteiger partial charge in [-0.3, -0.25) is 4.79 Å². The van der Waals surface area contributed by atoms with E-state index in [0.29, 0.717) is 40.4 Å². The van der Waals surface area contributed by atoms with Gasteiger partial charge in [-0.1, -0.05) is 24.4 Å². The largest absolute Gasteiger partial charge is 0.491 e. The number of hydrogen-bond acceptors (Lipinski definition) is 3. The molecule has 0 unspecified atom stereocenters. The zero-order chi connectivity index (χ0) is 14.8. The predicted octanol–water partition coefficient (Wildman–Crippen LogP) is 3.71. The summed E-state index contributed by atoms with van der Waals surface area (Å²) in [7, 11) is 0. The van der Waals surface area contributed by atoms with Crippen LogP contribution in [-0.4, -0.2) is 18.1 Å². The Bertz CT molecular complexity index is 516. The van der Waals surface area contributed by atoms with Crippen LogP contribution in [0.25, 0.3) is 0 Å². The first-order valence-corrected chi connectivity index (χ1v) is 7.85. The number of carbonyl (C=O) groups excluding carboxylic acids is 1. The van der Waals surface area contributed by atoms with Gasteiger partial charge in [-0.05, 0) is 47.8 Å². The van der Waals surface area contributed by atoms with E-state index in [9.17, 15) is 4.79 Å². The average Bonchev–Trinajstić information content (AvgIpc) is 2.82. The first-order valence-electron chi connectivity index (χ1n) is 6.68. The Kier molecular flexibility index (Phi) is 4.94. The van der Waals surface area contributed by atoms with Crippen LogP contribution in [0.5, 0.6) is 5.75 Å². The Morgan fingerprint density at radius 1 is 1.50 bits per heavy atom. The summed E-state index contributed by atoms with van der Waals surface area (Å²) in [6.45, 7) is 2.38. The Morgan fingerprint density at radius 3 is 2.75 bits per heavy atom. The maximum Gasteiger partial charge on any atom is 0.244 e. The molecule has 1 saturated carbocycles. The number of halogens is 2. The van der Waals surface area contributed by atoms with E-state index in [1.165, 1.54) is 0 Å². The second kappa shape index (κ2) is 6.33. The number of anilines is 1. The quantitative estimate of drug-likeness (QED) is 0.859. The molecular formula is C14H18BrClN2O2. The van der Waals surface area contributed by atoms with Crippen LogP contribution < -0.4 is 15.8 Å². The maximum atomic E-state index is 12.4. The summed E-state index contributed by atoms with van der Waals surface area (Å²) in [4.78, 5) is 12.4. The van der Waals surface area contributed by atoms with Gasteiger partial charge >= 0.3 is 0 Å². The van der Waals surface area contributed by atoms with Gasteiger partial charge in [0.15, 0.2) is 5.75 Å². The number of ether oxygens (including phenoxy) is 1. The minimum atomic E-state index is -0.779. The van der Waals surface area contributed by atoms with Crippen LogP contribution in [0.1, 0.15) is 32.6 Å². The Balaban J connectivity index is 2.26. The van der Waals surface area contributed by atoms with Gasteiger partial charge in [0.05, 0.1) is 22.3 Å². The lowest BCUT2D eigenvalue weighted by Gasteiger charge is -2.23. The molecule has 0 radical (unpaired) electrons. The number of amides is 1. The van der Waals surface area contributed by atoms with E-state index in [0.717, 1.165) is 12.8 Å². The summed E-state index contributed by atoms with van der Waals surface area (Å²) >= 11 is 9.43. The third kappa shape index (κ3) is 3.27. The van der Waals surface area contributed by atoms with Gasteiger partial charge in [0.2, 0.25) is 5.91 Å². The van der Waals surface area contributed by atoms with Crippen molar-refractivity contribution in [2.24, 2.45) is 5.73 Å². The number of benzene rings is 1. The van der Waals surface area contributed by atoms with Crippen molar-refractivity contribution in [3.63, 3.8) is 0 Å². The second-order valence-electron chi connectivity index (χ2n) is 5.01. The minimum absolute atomic E-state index is 0.176. The topological polar surface area (TPSA) is 64.3 Å². The molecule has 0 spiro atoms. The van der Waals surface area contributed by atoms with Gasteiger partial charge in [-0.2, -0.15) is 0 Å². The van der Waals surface area contributed by atoms with E-state index in [1.807, 2.05) is 6.92 Å². The van der Waals surface area contributed by atoms with Gasteiger partial charge in [0, 0.05) is 5.02 Å². The summed E-state index contributed by atoms with van der Waals surface area (Å²) in [5.41, 5.74) is 5.92. The number of nitrogens with two attached hydrogens (primary N) is 1. The van der Waals surface area contributed by atoms with E-state index in [1.54, 1.807) is 12.1 Å². The lowest BCUT2D eigenvalue weighted by Crippen LogP contribution is -2.48. The molecule has 1 aliphatic carbocycles. The molecule has 0 atom stereocenters. The normalized spacial score (nSPS) is 17.0. The number of carbonyl (C=O) groups is 1. The maximum absolute atomic E-state index is 12.4. The third-order valence-electron chi connectivity index (χ3n) is 3.49. The Labute approximate surface area is 132 Å². The van der Waals surface area contributed by atoms with E-state index in [-0.39, 0.29) is 5.91 Å². The Morgan fingerprint density at radius 2 is 2.15 bits per heavy atom. The SMILES string of the molecule is CCOc1c(Br)cc(Cl)cc1NC(=O)C1(N)CCCC1. The minimum Gasteiger partial charge on any atom is -0.491 e. The molecule has 4 nitrogen and oxygen atoms in total. The standard InChI is InChI=1S/C14H18BrClN2O2/c1-2-20-12-10(15)7-9(16)8-11(12)18-13(19)14(17)5-3-4-6-14/h7-8H,2-6,17H2,1H3,(H,18,19). The van der Waals surface area contributed by atoms with Crippen molar-refractivity contribution in [3.8, 4) is 5.75 Å². The molecule has 110 valence electrons. The molecular weight excluding hydrogens is 344 g/mol. The molecule has 0 saturated heterocycles. The van der Waals surface area contributed by atoms with Crippen molar-refractivity contribution in [1.29, 1.82) is 0 Å². The molecule has 2 rings (SSSR count). The molecule has 0 aromatic heterocycles. The van der Waals surface area contributed by atoms with Crippen molar-refractivity contribution in [1.82, 2.24) is 0 Å². The van der Waals surface area contributed by atoms with Crippen LogP contribution in [0.2, 0.25) is 5.02 Å². The number of nitrogens with one attached hydrogen (secondary N) is 1. The van der Waals surface area contributed by atoms with Gasteiger partial charge < -0.3 is 15.8 Å². The molecule has 0 bridgehead atoms. The highest BCUT2D eigenvalue weighted by atomic mass is 79.9. The van der Waals surface area contributed by atoms with Crippen LogP contribution in [0.4, 0.5) is 5.69 Å². The summed E-state index contributed by atoms with van der Waals surface area (Å²) < 4.78 is 6.27. The second-order valence-corrected chi connectivity index (χ2v) is 6.31. The summed E-state index contributed by atoms with van der Waals surface area (Å²) in [5, 5.41) is 3.38. The fourth-order valence-corrected chi connectivity index (χ4v) is 3.35. The molecule has 1 aliphatic rings. The average molecular weight is 362 g/mol. The number of rotatable bonds is 4. The highest BCUT2D eigenvalue weighted by molar-refractivity contribution is 9.10. The molecule has 3 N–H and O–H groups in total. The predicted molar refractivity (Wildman–Crippen MR) is 84.3 cm³/mol. The van der Waals surface area contributed by atoms with Crippen molar-refractivity contribution in [2.75, 3.05) is 11.9 Å². The highest BCUT2D eigenvalue weighted by Gasteiger charge is 2.37. The lowest BCUT2D eigenvalue weighted by atomic mass is 9.98. The molecule has 1 amide bonds. The zero-order valence-corrected chi connectivity index (χ0v) is 13.7. The zero-order valence-electron chi connectivity index (χ0n) is 11.3. The van der Waals surface area contributed by atoms with E-state index >= 15 is 0 Å². The van der Waals surface area contributed by atoms with Crippen molar-refractivity contribution in [3.05, 3.63) is 21.6 Å². The highest BCUT2D eigenvalue weighted by Crippen LogP contribution is 2.38. The molecule has 20 heavy (non-hydrogen) atoms.